The summed E-state index contributed by atoms with van der Waals surface area (Å²) in [5.41, 5.74) is 1.71. The van der Waals surface area contributed by atoms with Gasteiger partial charge in [0.1, 0.15) is 0 Å². The third kappa shape index (κ3) is 2.70. The average molecular weight is 219 g/mol. The molecule has 1 N–H and O–H groups in total. The number of ether oxygens (including phenoxy) is 1. The summed E-state index contributed by atoms with van der Waals surface area (Å²) in [6, 6.07) is 6.64. The molecule has 0 radical (unpaired) electrons. The zero-order valence-corrected chi connectivity index (χ0v) is 9.01. The highest BCUT2D eigenvalue weighted by Crippen LogP contribution is 2.09. The number of oxime groups is 1. The van der Waals surface area contributed by atoms with Gasteiger partial charge in [-0.05, 0) is 17.7 Å². The van der Waals surface area contributed by atoms with Crippen molar-refractivity contribution >= 4 is 11.7 Å². The lowest BCUT2D eigenvalue weighted by Gasteiger charge is -2.03. The number of benzene rings is 1. The summed E-state index contributed by atoms with van der Waals surface area (Å²) in [6.45, 7) is 3.57. The SMILES string of the molecule is C=CC/C(=N\O)c1ccc(C(=O)OC)cc1. The Kier molecular flexibility index (Phi) is 4.27. The summed E-state index contributed by atoms with van der Waals surface area (Å²) in [5.74, 6) is -0.391. The molecule has 4 nitrogen and oxygen atoms in total. The van der Waals surface area contributed by atoms with E-state index in [4.69, 9.17) is 5.21 Å². The highest BCUT2D eigenvalue weighted by Gasteiger charge is 2.06. The molecule has 0 saturated heterocycles. The number of nitrogens with zero attached hydrogens (tertiary/aromatic N) is 1. The molecular weight excluding hydrogens is 206 g/mol. The first kappa shape index (κ1) is 12.0. The van der Waals surface area contributed by atoms with E-state index in [0.717, 1.165) is 5.56 Å². The van der Waals surface area contributed by atoms with E-state index >= 15 is 0 Å². The summed E-state index contributed by atoms with van der Waals surface area (Å²) in [6.07, 6.45) is 2.11. The molecule has 0 amide bonds. The van der Waals surface area contributed by atoms with Crippen molar-refractivity contribution in [3.8, 4) is 0 Å². The monoisotopic (exact) mass is 219 g/mol. The summed E-state index contributed by atoms with van der Waals surface area (Å²) < 4.78 is 4.58. The Balaban J connectivity index is 2.93. The van der Waals surface area contributed by atoms with E-state index in [-0.39, 0.29) is 0 Å². The predicted molar refractivity (Wildman–Crippen MR) is 60.9 cm³/mol. The summed E-state index contributed by atoms with van der Waals surface area (Å²) in [7, 11) is 1.33. The van der Waals surface area contributed by atoms with Gasteiger partial charge in [-0.15, -0.1) is 6.58 Å². The van der Waals surface area contributed by atoms with Crippen molar-refractivity contribution in [2.45, 2.75) is 6.42 Å². The van der Waals surface area contributed by atoms with Crippen LogP contribution in [0.15, 0.2) is 42.1 Å². The van der Waals surface area contributed by atoms with Crippen LogP contribution in [0.4, 0.5) is 0 Å². The second-order valence-corrected chi connectivity index (χ2v) is 3.11. The molecule has 0 fully saturated rings. The predicted octanol–water partition coefficient (Wildman–Crippen LogP) is 2.23. The van der Waals surface area contributed by atoms with E-state index in [1.165, 1.54) is 7.11 Å². The molecule has 1 aromatic carbocycles. The second-order valence-electron chi connectivity index (χ2n) is 3.11. The topological polar surface area (TPSA) is 58.9 Å². The molecule has 0 saturated carbocycles. The lowest BCUT2D eigenvalue weighted by molar-refractivity contribution is 0.0601. The number of allylic oxidation sites excluding steroid dienone is 1. The lowest BCUT2D eigenvalue weighted by atomic mass is 10.1. The van der Waals surface area contributed by atoms with Gasteiger partial charge in [-0.2, -0.15) is 0 Å². The molecule has 84 valence electrons. The van der Waals surface area contributed by atoms with Gasteiger partial charge in [0.15, 0.2) is 0 Å². The number of carbonyl (C=O) groups excluding carboxylic acids is 1. The van der Waals surface area contributed by atoms with Crippen LogP contribution >= 0.6 is 0 Å². The fraction of sp³-hybridized carbons (Fsp3) is 0.167. The van der Waals surface area contributed by atoms with Gasteiger partial charge in [0.2, 0.25) is 0 Å². The molecule has 0 aliphatic rings. The second kappa shape index (κ2) is 5.70. The minimum atomic E-state index is -0.391. The number of rotatable bonds is 4. The molecule has 0 spiro atoms. The Labute approximate surface area is 93.9 Å². The Hall–Kier alpha value is -2.10. The normalized spacial score (nSPS) is 10.9. The molecule has 1 aromatic rings. The van der Waals surface area contributed by atoms with Crippen molar-refractivity contribution in [2.24, 2.45) is 5.16 Å². The van der Waals surface area contributed by atoms with Crippen LogP contribution in [0, 0.1) is 0 Å². The van der Waals surface area contributed by atoms with Gasteiger partial charge in [0.05, 0.1) is 18.4 Å². The first-order valence-electron chi connectivity index (χ1n) is 4.73. The minimum absolute atomic E-state index is 0.391. The Bertz CT molecular complexity index is 407. The number of esters is 1. The van der Waals surface area contributed by atoms with Crippen LogP contribution in [-0.2, 0) is 4.74 Å². The third-order valence-corrected chi connectivity index (χ3v) is 2.10. The molecule has 1 rings (SSSR count). The fourth-order valence-electron chi connectivity index (χ4n) is 1.27. The van der Waals surface area contributed by atoms with Crippen LogP contribution in [0.25, 0.3) is 0 Å². The van der Waals surface area contributed by atoms with Gasteiger partial charge in [0.25, 0.3) is 0 Å². The van der Waals surface area contributed by atoms with Crippen LogP contribution < -0.4 is 0 Å². The standard InChI is InChI=1S/C12H13NO3/c1-3-4-11(13-15)9-5-7-10(8-6-9)12(14)16-2/h3,5-8,15H,1,4H2,2H3/b13-11+. The Morgan fingerprint density at radius 1 is 1.44 bits per heavy atom. The van der Waals surface area contributed by atoms with Gasteiger partial charge in [-0.1, -0.05) is 23.4 Å². The van der Waals surface area contributed by atoms with Gasteiger partial charge in [0, 0.05) is 6.42 Å². The number of carbonyl (C=O) groups is 1. The minimum Gasteiger partial charge on any atom is -0.465 e. The summed E-state index contributed by atoms with van der Waals surface area (Å²) >= 11 is 0. The Morgan fingerprint density at radius 3 is 2.44 bits per heavy atom. The first-order valence-corrected chi connectivity index (χ1v) is 4.73. The fourth-order valence-corrected chi connectivity index (χ4v) is 1.27. The van der Waals surface area contributed by atoms with Crippen LogP contribution in [0.3, 0.4) is 0 Å². The highest BCUT2D eigenvalue weighted by atomic mass is 16.5. The first-order chi connectivity index (χ1) is 7.72. The zero-order chi connectivity index (χ0) is 12.0. The van der Waals surface area contributed by atoms with E-state index < -0.39 is 5.97 Å². The van der Waals surface area contributed by atoms with E-state index in [0.29, 0.717) is 17.7 Å². The number of hydrogen-bond donors (Lipinski definition) is 1. The maximum absolute atomic E-state index is 11.2. The average Bonchev–Trinajstić information content (AvgIpc) is 2.35. The van der Waals surface area contributed by atoms with Crippen LogP contribution in [0.1, 0.15) is 22.3 Å². The van der Waals surface area contributed by atoms with Crippen LogP contribution in [0.5, 0.6) is 0 Å². The molecule has 0 bridgehead atoms. The molecule has 0 aromatic heterocycles. The van der Waals surface area contributed by atoms with Crippen molar-refractivity contribution in [3.63, 3.8) is 0 Å². The molecular formula is C12H13NO3. The van der Waals surface area contributed by atoms with Gasteiger partial charge < -0.3 is 9.94 Å². The molecule has 0 heterocycles. The van der Waals surface area contributed by atoms with Crippen LogP contribution in [-0.4, -0.2) is 24.0 Å². The van der Waals surface area contributed by atoms with Gasteiger partial charge in [-0.3, -0.25) is 0 Å². The maximum atomic E-state index is 11.2. The van der Waals surface area contributed by atoms with E-state index in [1.807, 2.05) is 0 Å². The molecule has 0 aliphatic heterocycles. The smallest absolute Gasteiger partial charge is 0.337 e. The molecule has 0 unspecified atom stereocenters. The van der Waals surface area contributed by atoms with Gasteiger partial charge in [-0.25, -0.2) is 4.79 Å². The van der Waals surface area contributed by atoms with Crippen molar-refractivity contribution in [3.05, 3.63) is 48.0 Å². The van der Waals surface area contributed by atoms with E-state index in [1.54, 1.807) is 30.3 Å². The zero-order valence-electron chi connectivity index (χ0n) is 9.01. The van der Waals surface area contributed by atoms with Crippen molar-refractivity contribution in [1.29, 1.82) is 0 Å². The highest BCUT2D eigenvalue weighted by molar-refractivity contribution is 6.01. The lowest BCUT2D eigenvalue weighted by Crippen LogP contribution is -2.03. The molecule has 0 atom stereocenters. The summed E-state index contributed by atoms with van der Waals surface area (Å²) in [4.78, 5) is 11.2. The molecule has 16 heavy (non-hydrogen) atoms. The van der Waals surface area contributed by atoms with E-state index in [9.17, 15) is 4.79 Å². The largest absolute Gasteiger partial charge is 0.465 e. The number of methoxy groups -OCH3 is 1. The summed E-state index contributed by atoms with van der Waals surface area (Å²) in [5, 5.41) is 12.0. The third-order valence-electron chi connectivity index (χ3n) is 2.10. The van der Waals surface area contributed by atoms with Gasteiger partial charge >= 0.3 is 5.97 Å². The molecule has 0 aliphatic carbocycles. The van der Waals surface area contributed by atoms with Crippen LogP contribution in [0.2, 0.25) is 0 Å². The quantitative estimate of drug-likeness (QED) is 0.278. The Morgan fingerprint density at radius 2 is 2.00 bits per heavy atom. The van der Waals surface area contributed by atoms with Crippen molar-refractivity contribution in [1.82, 2.24) is 0 Å². The van der Waals surface area contributed by atoms with Crippen molar-refractivity contribution < 1.29 is 14.7 Å². The maximum Gasteiger partial charge on any atom is 0.337 e. The van der Waals surface area contributed by atoms with Crippen molar-refractivity contribution in [2.75, 3.05) is 7.11 Å². The number of hydrogen-bond acceptors (Lipinski definition) is 4. The van der Waals surface area contributed by atoms with E-state index in [2.05, 4.69) is 16.5 Å². The molecule has 4 heteroatoms.